The minimum Gasteiger partial charge on any atom is -0.492 e. The lowest BCUT2D eigenvalue weighted by molar-refractivity contribution is -0.137. The van der Waals surface area contributed by atoms with Crippen LogP contribution in [0.5, 0.6) is 5.75 Å². The number of hydrogen-bond acceptors (Lipinski definition) is 3. The highest BCUT2D eigenvalue weighted by atomic mass is 79.9. The van der Waals surface area contributed by atoms with E-state index in [9.17, 15) is 4.79 Å². The zero-order valence-corrected chi connectivity index (χ0v) is 23.4. The zero-order valence-electron chi connectivity index (χ0n) is 21.8. The molecule has 0 amide bonds. The largest absolute Gasteiger partial charge is 0.492 e. The molecule has 0 spiro atoms. The third-order valence-corrected chi connectivity index (χ3v) is 6.76. The Bertz CT molecular complexity index is 1040. The van der Waals surface area contributed by atoms with Crippen molar-refractivity contribution in [3.8, 4) is 5.75 Å². The van der Waals surface area contributed by atoms with Gasteiger partial charge in [0.05, 0.1) is 17.7 Å². The van der Waals surface area contributed by atoms with Gasteiger partial charge in [-0.15, -0.1) is 0 Å². The van der Waals surface area contributed by atoms with Crippen molar-refractivity contribution in [3.05, 3.63) is 62.9 Å². The van der Waals surface area contributed by atoms with E-state index >= 15 is 4.39 Å². The highest BCUT2D eigenvalue weighted by molar-refractivity contribution is 9.10. The molecule has 1 aromatic rings. The summed E-state index contributed by atoms with van der Waals surface area (Å²) in [5.41, 5.74) is 5.40. The molecular formula is C29H38BrFO3. The number of halogens is 2. The van der Waals surface area contributed by atoms with Crippen LogP contribution in [0.4, 0.5) is 4.39 Å². The van der Waals surface area contributed by atoms with E-state index in [1.54, 1.807) is 26.8 Å². The Hall–Kier alpha value is -2.14. The summed E-state index contributed by atoms with van der Waals surface area (Å²) >= 11 is 3.85. The second kappa shape index (κ2) is 12.0. The van der Waals surface area contributed by atoms with Crippen LogP contribution in [0, 0.1) is 5.92 Å². The molecule has 5 heteroatoms. The quantitative estimate of drug-likeness (QED) is 0.181. The molecule has 0 heterocycles. The van der Waals surface area contributed by atoms with E-state index in [4.69, 9.17) is 9.47 Å². The third-order valence-electron chi connectivity index (χ3n) is 6.00. The lowest BCUT2D eigenvalue weighted by atomic mass is 9.70. The summed E-state index contributed by atoms with van der Waals surface area (Å²) in [5.74, 6) is 0.213. The van der Waals surface area contributed by atoms with Gasteiger partial charge < -0.3 is 9.47 Å². The molecule has 0 aromatic heterocycles. The van der Waals surface area contributed by atoms with Crippen LogP contribution in [0.15, 0.2) is 46.2 Å². The normalized spacial score (nSPS) is 16.3. The van der Waals surface area contributed by atoms with Crippen LogP contribution >= 0.6 is 15.9 Å². The number of allylic oxidation sites excluding steroid dienone is 7. The van der Waals surface area contributed by atoms with E-state index in [0.717, 1.165) is 28.4 Å². The van der Waals surface area contributed by atoms with Gasteiger partial charge in [-0.05, 0) is 101 Å². The van der Waals surface area contributed by atoms with Crippen molar-refractivity contribution in [2.24, 2.45) is 5.92 Å². The van der Waals surface area contributed by atoms with Gasteiger partial charge in [0.25, 0.3) is 0 Å². The van der Waals surface area contributed by atoms with E-state index < -0.39 is 5.97 Å². The van der Waals surface area contributed by atoms with E-state index in [1.165, 1.54) is 23.3 Å². The minimum absolute atomic E-state index is 0.0690. The first-order valence-electron chi connectivity index (χ1n) is 12.0. The molecule has 3 nitrogen and oxygen atoms in total. The maximum atomic E-state index is 15.4. The van der Waals surface area contributed by atoms with Crippen molar-refractivity contribution in [3.63, 3.8) is 0 Å². The van der Waals surface area contributed by atoms with Crippen molar-refractivity contribution in [1.29, 1.82) is 0 Å². The van der Waals surface area contributed by atoms with Crippen LogP contribution in [0.1, 0.15) is 84.9 Å². The Balaban J connectivity index is 2.66. The summed E-state index contributed by atoms with van der Waals surface area (Å²) in [7, 11) is 0. The maximum Gasteiger partial charge on any atom is 0.330 e. The van der Waals surface area contributed by atoms with Gasteiger partial charge in [0.1, 0.15) is 11.6 Å². The highest BCUT2D eigenvalue weighted by Crippen LogP contribution is 2.50. The lowest BCUT2D eigenvalue weighted by Crippen LogP contribution is -2.24. The highest BCUT2D eigenvalue weighted by Gasteiger charge is 2.34. The summed E-state index contributed by atoms with van der Waals surface area (Å²) in [6.45, 7) is 17.0. The molecule has 1 aliphatic carbocycles. The summed E-state index contributed by atoms with van der Waals surface area (Å²) in [6.07, 6.45) is 8.44. The Morgan fingerprint density at radius 3 is 2.50 bits per heavy atom. The third kappa shape index (κ3) is 6.50. The molecule has 186 valence electrons. The molecule has 0 unspecified atom stereocenters. The molecule has 0 fully saturated rings. The molecule has 1 aliphatic rings. The zero-order chi connectivity index (χ0) is 25.6. The van der Waals surface area contributed by atoms with Crippen LogP contribution in [-0.2, 0) is 14.9 Å². The molecule has 0 N–H and O–H groups in total. The fraction of sp³-hybridized carbons (Fsp3) is 0.483. The van der Waals surface area contributed by atoms with Gasteiger partial charge in [0.15, 0.2) is 0 Å². The second-order valence-corrected chi connectivity index (χ2v) is 10.5. The van der Waals surface area contributed by atoms with Crippen molar-refractivity contribution in [1.82, 2.24) is 0 Å². The standard InChI is InChI=1S/C29H38BrFO3/c1-9-15-34-28-22(20(6)24(31)12-11-19(5)16-25(32)33-10-2)17-23-21(18(3)4)13-14-29(7,8)26(23)27(28)30/h11-13,16-18H,9-10,14-15H2,1-8H3. The smallest absolute Gasteiger partial charge is 0.330 e. The number of carbonyl (C=O) groups excluding carboxylic acids is 1. The first kappa shape index (κ1) is 28.1. The summed E-state index contributed by atoms with van der Waals surface area (Å²) in [4.78, 5) is 11.6. The number of ether oxygens (including phenoxy) is 2. The Morgan fingerprint density at radius 2 is 1.91 bits per heavy atom. The van der Waals surface area contributed by atoms with Crippen molar-refractivity contribution in [2.75, 3.05) is 13.2 Å². The molecule has 0 radical (unpaired) electrons. The average Bonchev–Trinajstić information content (AvgIpc) is 2.75. The van der Waals surface area contributed by atoms with E-state index in [1.807, 2.05) is 0 Å². The van der Waals surface area contributed by atoms with Gasteiger partial charge in [-0.2, -0.15) is 0 Å². The van der Waals surface area contributed by atoms with Gasteiger partial charge >= 0.3 is 5.97 Å². The summed E-state index contributed by atoms with van der Waals surface area (Å²) < 4.78 is 27.4. The maximum absolute atomic E-state index is 15.4. The van der Waals surface area contributed by atoms with Crippen LogP contribution in [0.3, 0.4) is 0 Å². The topological polar surface area (TPSA) is 35.5 Å². The number of fused-ring (bicyclic) bond motifs is 1. The molecule has 1 aromatic carbocycles. The van der Waals surface area contributed by atoms with E-state index in [0.29, 0.717) is 36.0 Å². The molecule has 0 bridgehead atoms. The van der Waals surface area contributed by atoms with E-state index in [2.05, 4.69) is 62.7 Å². The first-order chi connectivity index (χ1) is 15.9. The predicted molar refractivity (Wildman–Crippen MR) is 144 cm³/mol. The fourth-order valence-corrected chi connectivity index (χ4v) is 5.22. The first-order valence-corrected chi connectivity index (χ1v) is 12.8. The molecule has 0 aliphatic heterocycles. The Morgan fingerprint density at radius 1 is 1.24 bits per heavy atom. The molecule has 2 rings (SSSR count). The number of esters is 1. The van der Waals surface area contributed by atoms with Crippen LogP contribution in [0.25, 0.3) is 11.1 Å². The van der Waals surface area contributed by atoms with Gasteiger partial charge in [-0.3, -0.25) is 0 Å². The molecule has 34 heavy (non-hydrogen) atoms. The Kier molecular flexibility index (Phi) is 9.93. The van der Waals surface area contributed by atoms with Crippen molar-refractivity contribution in [2.45, 2.75) is 73.6 Å². The monoisotopic (exact) mass is 532 g/mol. The second-order valence-electron chi connectivity index (χ2n) is 9.69. The summed E-state index contributed by atoms with van der Waals surface area (Å²) in [5, 5.41) is 0. The van der Waals surface area contributed by atoms with Gasteiger partial charge in [-0.25, -0.2) is 9.18 Å². The number of benzene rings is 1. The van der Waals surface area contributed by atoms with Gasteiger partial charge in [-0.1, -0.05) is 46.8 Å². The van der Waals surface area contributed by atoms with Gasteiger partial charge in [0, 0.05) is 11.6 Å². The van der Waals surface area contributed by atoms with Crippen LogP contribution < -0.4 is 4.74 Å². The van der Waals surface area contributed by atoms with Crippen molar-refractivity contribution < 1.29 is 18.7 Å². The van der Waals surface area contributed by atoms with Gasteiger partial charge in [0.2, 0.25) is 0 Å². The molecule has 0 atom stereocenters. The van der Waals surface area contributed by atoms with E-state index in [-0.39, 0.29) is 11.2 Å². The molecule has 0 saturated heterocycles. The van der Waals surface area contributed by atoms with Crippen LogP contribution in [0.2, 0.25) is 0 Å². The SMILES string of the molecule is CCCOc1c(C(C)=C(F)C=CC(C)=CC(=O)OCC)cc2c(c1Br)C(C)(C)CC=C2C(C)C. The number of rotatable bonds is 9. The number of carbonyl (C=O) groups is 1. The fourth-order valence-electron chi connectivity index (χ4n) is 4.15. The Labute approximate surface area is 212 Å². The number of hydrogen-bond donors (Lipinski definition) is 0. The molecule has 0 saturated carbocycles. The summed E-state index contributed by atoms with van der Waals surface area (Å²) in [6, 6.07) is 2.09. The average molecular weight is 534 g/mol. The predicted octanol–water partition coefficient (Wildman–Crippen LogP) is 8.72. The minimum atomic E-state index is -0.435. The van der Waals surface area contributed by atoms with Crippen LogP contribution in [-0.4, -0.2) is 19.2 Å². The van der Waals surface area contributed by atoms with Crippen molar-refractivity contribution >= 4 is 33.0 Å². The lowest BCUT2D eigenvalue weighted by Gasteiger charge is -2.36. The molecular weight excluding hydrogens is 495 g/mol.